The van der Waals surface area contributed by atoms with E-state index in [2.05, 4.69) is 25.5 Å². The van der Waals surface area contributed by atoms with Crippen LogP contribution in [-0.2, 0) is 13.0 Å². The minimum absolute atomic E-state index is 0.0133. The molecule has 0 aliphatic carbocycles. The van der Waals surface area contributed by atoms with E-state index in [0.29, 0.717) is 17.6 Å². The molecule has 29 heavy (non-hydrogen) atoms. The number of carbonyl (C=O) groups is 1. The van der Waals surface area contributed by atoms with Crippen LogP contribution in [0.5, 0.6) is 0 Å². The molecule has 1 unspecified atom stereocenters. The fourth-order valence-corrected chi connectivity index (χ4v) is 5.14. The highest BCUT2D eigenvalue weighted by Gasteiger charge is 2.41. The fourth-order valence-electron chi connectivity index (χ4n) is 5.14. The van der Waals surface area contributed by atoms with Crippen molar-refractivity contribution in [3.8, 4) is 0 Å². The Hall–Kier alpha value is -2.87. The summed E-state index contributed by atoms with van der Waals surface area (Å²) in [5.41, 5.74) is 8.86. The minimum atomic E-state index is -0.441. The van der Waals surface area contributed by atoms with Gasteiger partial charge in [-0.2, -0.15) is 0 Å². The van der Waals surface area contributed by atoms with Crippen molar-refractivity contribution < 1.29 is 9.90 Å². The van der Waals surface area contributed by atoms with E-state index in [9.17, 15) is 9.90 Å². The molecule has 1 amide bonds. The van der Waals surface area contributed by atoms with Crippen LogP contribution in [0, 0.1) is 0 Å². The number of anilines is 3. The van der Waals surface area contributed by atoms with E-state index in [1.165, 1.54) is 0 Å². The lowest BCUT2D eigenvalue weighted by atomic mass is 9.95. The van der Waals surface area contributed by atoms with Crippen LogP contribution in [0.25, 0.3) is 0 Å². The average molecular weight is 394 g/mol. The number of aliphatic hydroxyl groups is 1. The summed E-state index contributed by atoms with van der Waals surface area (Å²) in [6.07, 6.45) is 8.45. The van der Waals surface area contributed by atoms with Crippen LogP contribution in [-0.4, -0.2) is 45.7 Å². The van der Waals surface area contributed by atoms with E-state index >= 15 is 0 Å². The number of hydrogen-bond acceptors (Lipinski definition) is 7. The number of hydrogen-bond donors (Lipinski definition) is 4. The van der Waals surface area contributed by atoms with Gasteiger partial charge in [-0.1, -0.05) is 6.07 Å². The molecule has 5 rings (SSSR count). The Kier molecular flexibility index (Phi) is 4.50. The Labute approximate surface area is 169 Å². The number of nitrogens with two attached hydrogens (primary N) is 1. The largest absolute Gasteiger partial charge is 0.392 e. The lowest BCUT2D eigenvalue weighted by Crippen LogP contribution is -2.47. The third-order valence-electron chi connectivity index (χ3n) is 6.45. The normalized spacial score (nSPS) is 24.9. The Morgan fingerprint density at radius 3 is 2.69 bits per heavy atom. The van der Waals surface area contributed by atoms with Crippen molar-refractivity contribution in [1.82, 2.24) is 9.97 Å². The minimum Gasteiger partial charge on any atom is -0.392 e. The first kappa shape index (κ1) is 18.2. The standard InChI is InChI=1S/C21H26N6O2/c22-20(29)17-10-25-21-16(5-6-23-21)19(17)26-13-7-14-2-3-15(8-13)27(14)18-4-1-12(11-28)9-24-18/h1,4,9-10,13-15,28H,2-3,5-8,11H2,(H2,22,29)(H2,23,25,26)/t13?,14-,15+. The quantitative estimate of drug-likeness (QED) is 0.609. The summed E-state index contributed by atoms with van der Waals surface area (Å²) in [5.74, 6) is 1.40. The first-order chi connectivity index (χ1) is 14.1. The molecule has 2 aromatic rings. The second-order valence-corrected chi connectivity index (χ2v) is 8.20. The molecule has 3 aliphatic heterocycles. The number of nitrogens with zero attached hydrogens (tertiary/aromatic N) is 3. The Balaban J connectivity index is 1.37. The third-order valence-corrected chi connectivity index (χ3v) is 6.45. The average Bonchev–Trinajstić information content (AvgIpc) is 3.31. The van der Waals surface area contributed by atoms with Crippen LogP contribution in [0.1, 0.15) is 47.2 Å². The number of primary amides is 1. The van der Waals surface area contributed by atoms with E-state index in [-0.39, 0.29) is 12.6 Å². The summed E-state index contributed by atoms with van der Waals surface area (Å²) < 4.78 is 0. The molecule has 2 bridgehead atoms. The summed E-state index contributed by atoms with van der Waals surface area (Å²) in [4.78, 5) is 23.3. The maximum atomic E-state index is 12.0. The van der Waals surface area contributed by atoms with Gasteiger partial charge in [0.05, 0.1) is 17.9 Å². The number of aromatic nitrogens is 2. The lowest BCUT2D eigenvalue weighted by Gasteiger charge is -2.40. The number of rotatable bonds is 5. The highest BCUT2D eigenvalue weighted by molar-refractivity contribution is 6.00. The topological polar surface area (TPSA) is 116 Å². The second-order valence-electron chi connectivity index (χ2n) is 8.20. The molecular weight excluding hydrogens is 368 g/mol. The Morgan fingerprint density at radius 2 is 2.03 bits per heavy atom. The van der Waals surface area contributed by atoms with Gasteiger partial charge in [0.2, 0.25) is 0 Å². The number of amides is 1. The van der Waals surface area contributed by atoms with Crippen LogP contribution < -0.4 is 21.3 Å². The van der Waals surface area contributed by atoms with Crippen molar-refractivity contribution in [2.75, 3.05) is 22.1 Å². The SMILES string of the molecule is NC(=O)c1cnc2c(c1NC1C[C@H]3CC[C@@H](C1)N3c1ccc(CO)cn1)CCN2. The maximum absolute atomic E-state index is 12.0. The Morgan fingerprint density at radius 1 is 1.24 bits per heavy atom. The molecule has 5 N–H and O–H groups in total. The van der Waals surface area contributed by atoms with Gasteiger partial charge in [0.15, 0.2) is 0 Å². The number of nitrogens with one attached hydrogen (secondary N) is 2. The molecule has 3 atom stereocenters. The summed E-state index contributed by atoms with van der Waals surface area (Å²) in [6.45, 7) is 0.845. The van der Waals surface area contributed by atoms with Gasteiger partial charge in [-0.25, -0.2) is 9.97 Å². The lowest BCUT2D eigenvalue weighted by molar-refractivity contribution is 0.100. The maximum Gasteiger partial charge on any atom is 0.252 e. The molecule has 2 fully saturated rings. The van der Waals surface area contributed by atoms with E-state index < -0.39 is 5.91 Å². The predicted octanol–water partition coefficient (Wildman–Crippen LogP) is 1.65. The number of aliphatic hydroxyl groups excluding tert-OH is 1. The summed E-state index contributed by atoms with van der Waals surface area (Å²) in [5, 5.41) is 16.2. The van der Waals surface area contributed by atoms with Gasteiger partial charge >= 0.3 is 0 Å². The third kappa shape index (κ3) is 3.17. The molecule has 8 heteroatoms. The van der Waals surface area contributed by atoms with Gasteiger partial charge in [0, 0.05) is 42.6 Å². The molecule has 2 saturated heterocycles. The Bertz CT molecular complexity index is 918. The monoisotopic (exact) mass is 394 g/mol. The zero-order valence-corrected chi connectivity index (χ0v) is 16.3. The molecule has 0 saturated carbocycles. The molecule has 5 heterocycles. The van der Waals surface area contributed by atoms with Gasteiger partial charge in [-0.05, 0) is 43.7 Å². The zero-order valence-electron chi connectivity index (χ0n) is 16.3. The number of pyridine rings is 2. The molecule has 0 aromatic carbocycles. The molecule has 8 nitrogen and oxygen atoms in total. The van der Waals surface area contributed by atoms with Crippen molar-refractivity contribution in [2.24, 2.45) is 5.73 Å². The molecule has 0 radical (unpaired) electrons. The summed E-state index contributed by atoms with van der Waals surface area (Å²) in [6, 6.07) is 5.08. The molecule has 152 valence electrons. The highest BCUT2D eigenvalue weighted by atomic mass is 16.3. The van der Waals surface area contributed by atoms with Crippen molar-refractivity contribution in [2.45, 2.75) is 56.8 Å². The predicted molar refractivity (Wildman–Crippen MR) is 111 cm³/mol. The van der Waals surface area contributed by atoms with Gasteiger partial charge in [0.1, 0.15) is 11.6 Å². The first-order valence-corrected chi connectivity index (χ1v) is 10.3. The van der Waals surface area contributed by atoms with E-state index in [1.807, 2.05) is 12.1 Å². The van der Waals surface area contributed by atoms with E-state index in [1.54, 1.807) is 12.4 Å². The van der Waals surface area contributed by atoms with Crippen LogP contribution >= 0.6 is 0 Å². The number of carbonyl (C=O) groups excluding carboxylic acids is 1. The highest BCUT2D eigenvalue weighted by Crippen LogP contribution is 2.40. The molecule has 2 aromatic heterocycles. The van der Waals surface area contributed by atoms with E-state index in [4.69, 9.17) is 5.73 Å². The zero-order chi connectivity index (χ0) is 20.0. The van der Waals surface area contributed by atoms with Gasteiger partial charge in [0.25, 0.3) is 5.91 Å². The fraction of sp³-hybridized carbons (Fsp3) is 0.476. The van der Waals surface area contributed by atoms with E-state index in [0.717, 1.165) is 67.1 Å². The van der Waals surface area contributed by atoms with Gasteiger partial charge in [-0.15, -0.1) is 0 Å². The number of fused-ring (bicyclic) bond motifs is 3. The van der Waals surface area contributed by atoms with Gasteiger partial charge < -0.3 is 26.4 Å². The second kappa shape index (κ2) is 7.18. The molecule has 3 aliphatic rings. The van der Waals surface area contributed by atoms with Crippen molar-refractivity contribution in [3.05, 3.63) is 41.2 Å². The van der Waals surface area contributed by atoms with Gasteiger partial charge in [-0.3, -0.25) is 4.79 Å². The van der Waals surface area contributed by atoms with Crippen molar-refractivity contribution >= 4 is 23.2 Å². The summed E-state index contributed by atoms with van der Waals surface area (Å²) >= 11 is 0. The smallest absolute Gasteiger partial charge is 0.252 e. The van der Waals surface area contributed by atoms with Crippen molar-refractivity contribution in [1.29, 1.82) is 0 Å². The molecular formula is C21H26N6O2. The molecule has 0 spiro atoms. The van der Waals surface area contributed by atoms with Crippen LogP contribution in [0.3, 0.4) is 0 Å². The number of piperidine rings is 1. The van der Waals surface area contributed by atoms with Crippen LogP contribution in [0.2, 0.25) is 0 Å². The van der Waals surface area contributed by atoms with Crippen LogP contribution in [0.4, 0.5) is 17.3 Å². The first-order valence-electron chi connectivity index (χ1n) is 10.3. The van der Waals surface area contributed by atoms with Crippen LogP contribution in [0.15, 0.2) is 24.5 Å². The summed E-state index contributed by atoms with van der Waals surface area (Å²) in [7, 11) is 0. The van der Waals surface area contributed by atoms with Crippen molar-refractivity contribution in [3.63, 3.8) is 0 Å².